The molecular formula is C16H13BrN2O4. The van der Waals surface area contributed by atoms with Crippen LogP contribution in [0.4, 0.5) is 0 Å². The lowest BCUT2D eigenvalue weighted by Crippen LogP contribution is -1.93. The molecule has 23 heavy (non-hydrogen) atoms. The zero-order chi connectivity index (χ0) is 17.1. The molecule has 2 rings (SSSR count). The van der Waals surface area contributed by atoms with Gasteiger partial charge >= 0.3 is 5.97 Å². The van der Waals surface area contributed by atoms with E-state index in [1.165, 1.54) is 19.4 Å². The molecule has 118 valence electrons. The number of hydrogen-bond acceptors (Lipinski definition) is 6. The first kappa shape index (κ1) is 18.4. The fraction of sp³-hybridized carbons (Fsp3) is 0.0625. The summed E-state index contributed by atoms with van der Waals surface area (Å²) in [6, 6.07) is 6.69. The number of rotatable bonds is 4. The highest BCUT2D eigenvalue weighted by molar-refractivity contribution is 9.10. The lowest BCUT2D eigenvalue weighted by Gasteiger charge is -1.93. The van der Waals surface area contributed by atoms with Crippen LogP contribution in [0.1, 0.15) is 26.5 Å². The Balaban J connectivity index is 0.000000253. The van der Waals surface area contributed by atoms with E-state index >= 15 is 0 Å². The number of carbonyl (C=O) groups is 3. The number of halogens is 1. The van der Waals surface area contributed by atoms with Gasteiger partial charge in [0.05, 0.1) is 7.11 Å². The number of hydrogen-bond donors (Lipinski definition) is 0. The van der Waals surface area contributed by atoms with Crippen molar-refractivity contribution >= 4 is 40.5 Å². The van der Waals surface area contributed by atoms with E-state index in [2.05, 4.69) is 30.6 Å². The van der Waals surface area contributed by atoms with Crippen LogP contribution < -0.4 is 0 Å². The van der Waals surface area contributed by atoms with Crippen molar-refractivity contribution in [2.24, 2.45) is 0 Å². The standard InChI is InChI=1S/C10H9NO3.C6H4BrNO/c1-14-10(13)5-3-8-2-4-9(7-12)11-6-8;7-5-1-2-6(4-9)8-3-5/h2-7H,1H3;1-4H/b5-3+;. The minimum atomic E-state index is -0.426. The van der Waals surface area contributed by atoms with Crippen molar-refractivity contribution in [3.63, 3.8) is 0 Å². The average molecular weight is 377 g/mol. The molecule has 0 aliphatic carbocycles. The van der Waals surface area contributed by atoms with Crippen LogP contribution in [0, 0.1) is 0 Å². The van der Waals surface area contributed by atoms with Crippen molar-refractivity contribution in [2.75, 3.05) is 7.11 Å². The Kier molecular flexibility index (Phi) is 8.09. The third-order valence-electron chi connectivity index (χ3n) is 2.41. The van der Waals surface area contributed by atoms with E-state index in [0.717, 1.165) is 10.0 Å². The molecular weight excluding hydrogens is 364 g/mol. The molecule has 2 aromatic rings. The van der Waals surface area contributed by atoms with Gasteiger partial charge in [-0.1, -0.05) is 6.07 Å². The van der Waals surface area contributed by atoms with Gasteiger partial charge in [0.15, 0.2) is 12.6 Å². The number of carbonyl (C=O) groups excluding carboxylic acids is 3. The van der Waals surface area contributed by atoms with E-state index in [4.69, 9.17) is 0 Å². The Bertz CT molecular complexity index is 682. The summed E-state index contributed by atoms with van der Waals surface area (Å²) in [6.45, 7) is 0. The van der Waals surface area contributed by atoms with Crippen LogP contribution >= 0.6 is 15.9 Å². The van der Waals surface area contributed by atoms with Crippen molar-refractivity contribution in [1.82, 2.24) is 9.97 Å². The van der Waals surface area contributed by atoms with E-state index in [0.29, 0.717) is 24.0 Å². The van der Waals surface area contributed by atoms with Gasteiger partial charge < -0.3 is 4.74 Å². The Morgan fingerprint density at radius 3 is 2.09 bits per heavy atom. The molecule has 0 aliphatic heterocycles. The molecule has 0 unspecified atom stereocenters. The van der Waals surface area contributed by atoms with Gasteiger partial charge in [-0.25, -0.2) is 4.79 Å². The summed E-state index contributed by atoms with van der Waals surface area (Å²) in [6.07, 6.45) is 7.32. The summed E-state index contributed by atoms with van der Waals surface area (Å²) < 4.78 is 5.30. The quantitative estimate of drug-likeness (QED) is 0.463. The SMILES string of the molecule is COC(=O)/C=C/c1ccc(C=O)nc1.O=Cc1ccc(Br)cn1. The monoisotopic (exact) mass is 376 g/mol. The van der Waals surface area contributed by atoms with Gasteiger partial charge in [0.25, 0.3) is 0 Å². The van der Waals surface area contributed by atoms with Gasteiger partial charge in [-0.05, 0) is 45.8 Å². The van der Waals surface area contributed by atoms with Crippen molar-refractivity contribution < 1.29 is 19.1 Å². The van der Waals surface area contributed by atoms with Crippen LogP contribution in [0.25, 0.3) is 6.08 Å². The molecule has 2 aromatic heterocycles. The number of esters is 1. The van der Waals surface area contributed by atoms with Crippen molar-refractivity contribution in [1.29, 1.82) is 0 Å². The second-order valence-electron chi connectivity index (χ2n) is 4.01. The Labute approximate surface area is 141 Å². The van der Waals surface area contributed by atoms with E-state index in [1.807, 2.05) is 0 Å². The van der Waals surface area contributed by atoms with Crippen LogP contribution in [0.15, 0.2) is 47.2 Å². The van der Waals surface area contributed by atoms with Crippen molar-refractivity contribution in [2.45, 2.75) is 0 Å². The average Bonchev–Trinajstić information content (AvgIpc) is 2.61. The number of aromatic nitrogens is 2. The maximum absolute atomic E-state index is 10.7. The minimum absolute atomic E-state index is 0.361. The van der Waals surface area contributed by atoms with Gasteiger partial charge in [-0.15, -0.1) is 0 Å². The molecule has 0 saturated heterocycles. The summed E-state index contributed by atoms with van der Waals surface area (Å²) in [5, 5.41) is 0. The smallest absolute Gasteiger partial charge is 0.330 e. The van der Waals surface area contributed by atoms with E-state index in [1.54, 1.807) is 36.5 Å². The van der Waals surface area contributed by atoms with Gasteiger partial charge in [-0.2, -0.15) is 0 Å². The Morgan fingerprint density at radius 2 is 1.65 bits per heavy atom. The highest BCUT2D eigenvalue weighted by atomic mass is 79.9. The Morgan fingerprint density at radius 1 is 1.04 bits per heavy atom. The molecule has 7 heteroatoms. The predicted octanol–water partition coefficient (Wildman–Crippen LogP) is 2.74. The molecule has 0 radical (unpaired) electrons. The molecule has 0 amide bonds. The fourth-order valence-corrected chi connectivity index (χ4v) is 1.51. The fourth-order valence-electron chi connectivity index (χ4n) is 1.27. The summed E-state index contributed by atoms with van der Waals surface area (Å²) in [5.41, 5.74) is 1.56. The first-order valence-corrected chi connectivity index (χ1v) is 7.12. The molecule has 6 nitrogen and oxygen atoms in total. The zero-order valence-electron chi connectivity index (χ0n) is 12.2. The van der Waals surface area contributed by atoms with Crippen LogP contribution in [0.3, 0.4) is 0 Å². The van der Waals surface area contributed by atoms with Gasteiger partial charge in [0.1, 0.15) is 11.4 Å². The molecule has 0 aliphatic rings. The topological polar surface area (TPSA) is 86.2 Å². The second kappa shape index (κ2) is 10.1. The Hall–Kier alpha value is -2.67. The molecule has 0 bridgehead atoms. The summed E-state index contributed by atoms with van der Waals surface area (Å²) in [7, 11) is 1.31. The summed E-state index contributed by atoms with van der Waals surface area (Å²) >= 11 is 3.20. The zero-order valence-corrected chi connectivity index (χ0v) is 13.8. The largest absolute Gasteiger partial charge is 0.466 e. The number of aldehydes is 2. The van der Waals surface area contributed by atoms with E-state index in [9.17, 15) is 14.4 Å². The molecule has 0 atom stereocenters. The van der Waals surface area contributed by atoms with Crippen molar-refractivity contribution in [3.8, 4) is 0 Å². The molecule has 0 spiro atoms. The molecule has 0 saturated carbocycles. The van der Waals surface area contributed by atoms with Crippen LogP contribution in [-0.2, 0) is 9.53 Å². The number of methoxy groups -OCH3 is 1. The lowest BCUT2D eigenvalue weighted by atomic mass is 10.2. The second-order valence-corrected chi connectivity index (χ2v) is 4.93. The summed E-state index contributed by atoms with van der Waals surface area (Å²) in [4.78, 5) is 38.6. The number of nitrogens with zero attached hydrogens (tertiary/aromatic N) is 2. The van der Waals surface area contributed by atoms with Crippen LogP contribution in [0.5, 0.6) is 0 Å². The molecule has 0 fully saturated rings. The molecule has 2 heterocycles. The normalized spacial score (nSPS) is 9.65. The van der Waals surface area contributed by atoms with E-state index in [-0.39, 0.29) is 0 Å². The first-order chi connectivity index (χ1) is 11.1. The van der Waals surface area contributed by atoms with Gasteiger partial charge in [-0.3, -0.25) is 19.6 Å². The third-order valence-corrected chi connectivity index (χ3v) is 2.88. The van der Waals surface area contributed by atoms with Gasteiger partial charge in [0, 0.05) is 22.9 Å². The molecule has 0 N–H and O–H groups in total. The van der Waals surface area contributed by atoms with Gasteiger partial charge in [0.2, 0.25) is 0 Å². The first-order valence-electron chi connectivity index (χ1n) is 6.33. The van der Waals surface area contributed by atoms with E-state index < -0.39 is 5.97 Å². The van der Waals surface area contributed by atoms with Crippen molar-refractivity contribution in [3.05, 3.63) is 64.2 Å². The maximum atomic E-state index is 10.7. The maximum Gasteiger partial charge on any atom is 0.330 e. The highest BCUT2D eigenvalue weighted by Crippen LogP contribution is 2.05. The minimum Gasteiger partial charge on any atom is -0.466 e. The lowest BCUT2D eigenvalue weighted by molar-refractivity contribution is -0.134. The highest BCUT2D eigenvalue weighted by Gasteiger charge is 1.93. The predicted molar refractivity (Wildman–Crippen MR) is 88.0 cm³/mol. The van der Waals surface area contributed by atoms with Crippen LogP contribution in [0.2, 0.25) is 0 Å². The third kappa shape index (κ3) is 7.23. The molecule has 0 aromatic carbocycles. The summed E-state index contributed by atoms with van der Waals surface area (Å²) in [5.74, 6) is -0.426. The number of pyridine rings is 2. The number of ether oxygens (including phenoxy) is 1. The van der Waals surface area contributed by atoms with Crippen LogP contribution in [-0.4, -0.2) is 35.6 Å².